The van der Waals surface area contributed by atoms with Crippen LogP contribution in [0.5, 0.6) is 5.75 Å². The summed E-state index contributed by atoms with van der Waals surface area (Å²) in [5.41, 5.74) is 2.18. The zero-order valence-corrected chi connectivity index (χ0v) is 14.6. The summed E-state index contributed by atoms with van der Waals surface area (Å²) in [4.78, 5) is 11.9. The van der Waals surface area contributed by atoms with E-state index in [1.54, 1.807) is 36.4 Å². The lowest BCUT2D eigenvalue weighted by atomic mass is 9.97. The molecule has 5 nitrogen and oxygen atoms in total. The summed E-state index contributed by atoms with van der Waals surface area (Å²) in [6, 6.07) is 13.2. The number of alkyl halides is 1. The quantitative estimate of drug-likeness (QED) is 0.640. The van der Waals surface area contributed by atoms with E-state index in [0.717, 1.165) is 5.56 Å². The second-order valence-corrected chi connectivity index (χ2v) is 7.60. The number of halogens is 1. The third-order valence-electron chi connectivity index (χ3n) is 3.60. The first-order valence-corrected chi connectivity index (χ1v) is 9.25. The summed E-state index contributed by atoms with van der Waals surface area (Å²) in [5.74, 6) is 0.0341. The average Bonchev–Trinajstić information content (AvgIpc) is 2.52. The van der Waals surface area contributed by atoms with Gasteiger partial charge in [-0.3, -0.25) is 4.79 Å². The number of hydrogen-bond donors (Lipinski definition) is 1. The van der Waals surface area contributed by atoms with Crippen LogP contribution in [0.25, 0.3) is 0 Å². The van der Waals surface area contributed by atoms with Gasteiger partial charge in [0.25, 0.3) is 0 Å². The van der Waals surface area contributed by atoms with Crippen molar-refractivity contribution in [3.05, 3.63) is 65.2 Å². The third kappa shape index (κ3) is 3.31. The van der Waals surface area contributed by atoms with Gasteiger partial charge in [-0.2, -0.15) is 13.1 Å². The zero-order valence-electron chi connectivity index (χ0n) is 12.2. The molecule has 7 heteroatoms. The largest absolute Gasteiger partial charge is 0.383 e. The Labute approximate surface area is 143 Å². The molecule has 0 unspecified atom stereocenters. The van der Waals surface area contributed by atoms with Gasteiger partial charge in [0.2, 0.25) is 0 Å². The number of aryl methyl sites for hydroxylation is 1. The standard InChI is InChI=1S/C16H14BrNO4S/c1-10-6-8-11(9-7-10)16(19)14(17)15-12-4-2-3-5-13(12)22-23(20,21)18-15/h2-9,14-15,18H,1H3/t14-,15+/m0/s1. The molecule has 2 aromatic rings. The summed E-state index contributed by atoms with van der Waals surface area (Å²) < 4.78 is 31.1. The van der Waals surface area contributed by atoms with Crippen molar-refractivity contribution in [1.29, 1.82) is 0 Å². The highest BCUT2D eigenvalue weighted by molar-refractivity contribution is 9.10. The van der Waals surface area contributed by atoms with Gasteiger partial charge in [0.15, 0.2) is 5.78 Å². The molecule has 120 valence electrons. The van der Waals surface area contributed by atoms with Crippen LogP contribution in [0.1, 0.15) is 27.5 Å². The highest BCUT2D eigenvalue weighted by Gasteiger charge is 2.37. The number of ketones is 1. The maximum absolute atomic E-state index is 12.7. The van der Waals surface area contributed by atoms with Crippen molar-refractivity contribution in [2.75, 3.05) is 0 Å². The Hall–Kier alpha value is -1.70. The first-order valence-electron chi connectivity index (χ1n) is 6.93. The fourth-order valence-corrected chi connectivity index (χ4v) is 4.29. The van der Waals surface area contributed by atoms with E-state index in [-0.39, 0.29) is 11.5 Å². The Bertz CT molecular complexity index is 849. The third-order valence-corrected chi connectivity index (χ3v) is 5.49. The van der Waals surface area contributed by atoms with Crippen LogP contribution in [0.15, 0.2) is 48.5 Å². The van der Waals surface area contributed by atoms with Crippen LogP contribution >= 0.6 is 15.9 Å². The van der Waals surface area contributed by atoms with Crippen molar-refractivity contribution < 1.29 is 17.4 Å². The van der Waals surface area contributed by atoms with Crippen LogP contribution in [-0.4, -0.2) is 19.0 Å². The van der Waals surface area contributed by atoms with Crippen LogP contribution in [0.4, 0.5) is 0 Å². The molecular weight excluding hydrogens is 382 g/mol. The average molecular weight is 396 g/mol. The van der Waals surface area contributed by atoms with E-state index in [4.69, 9.17) is 4.18 Å². The van der Waals surface area contributed by atoms with Gasteiger partial charge in [-0.15, -0.1) is 0 Å². The Morgan fingerprint density at radius 3 is 2.52 bits per heavy atom. The van der Waals surface area contributed by atoms with Crippen molar-refractivity contribution in [3.8, 4) is 5.75 Å². The fraction of sp³-hybridized carbons (Fsp3) is 0.188. The van der Waals surface area contributed by atoms with Crippen molar-refractivity contribution >= 4 is 32.0 Å². The number of fused-ring (bicyclic) bond motifs is 1. The maximum atomic E-state index is 12.7. The van der Waals surface area contributed by atoms with Gasteiger partial charge in [-0.05, 0) is 13.0 Å². The SMILES string of the molecule is Cc1ccc(C(=O)[C@@H](Br)[C@@H]2NS(=O)(=O)Oc3ccccc32)cc1. The molecule has 0 bridgehead atoms. The number of carbonyl (C=O) groups excluding carboxylic acids is 1. The number of carbonyl (C=O) groups is 1. The summed E-state index contributed by atoms with van der Waals surface area (Å²) >= 11 is 3.35. The second-order valence-electron chi connectivity index (χ2n) is 5.30. The van der Waals surface area contributed by atoms with Gasteiger partial charge in [0.05, 0.1) is 10.9 Å². The van der Waals surface area contributed by atoms with Crippen molar-refractivity contribution in [2.45, 2.75) is 17.8 Å². The van der Waals surface area contributed by atoms with Crippen LogP contribution < -0.4 is 8.91 Å². The number of hydrogen-bond acceptors (Lipinski definition) is 4. The molecule has 2 aromatic carbocycles. The van der Waals surface area contributed by atoms with Gasteiger partial charge < -0.3 is 4.18 Å². The van der Waals surface area contributed by atoms with E-state index in [1.807, 2.05) is 19.1 Å². The topological polar surface area (TPSA) is 72.5 Å². The van der Waals surface area contributed by atoms with Crippen LogP contribution in [0, 0.1) is 6.92 Å². The van der Waals surface area contributed by atoms with E-state index in [1.165, 1.54) is 0 Å². The molecular formula is C16H14BrNO4S. The molecule has 0 saturated carbocycles. The van der Waals surface area contributed by atoms with Gasteiger partial charge in [-0.1, -0.05) is 64.0 Å². The number of rotatable bonds is 3. The molecule has 0 aromatic heterocycles. The molecule has 0 amide bonds. The highest BCUT2D eigenvalue weighted by Crippen LogP contribution is 2.36. The van der Waals surface area contributed by atoms with E-state index in [2.05, 4.69) is 20.7 Å². The lowest BCUT2D eigenvalue weighted by Crippen LogP contribution is -2.42. The number of Topliss-reactive ketones (excluding diaryl/α,β-unsaturated/α-hetero) is 1. The monoisotopic (exact) mass is 395 g/mol. The van der Waals surface area contributed by atoms with Gasteiger partial charge in [0.1, 0.15) is 5.75 Å². The molecule has 2 atom stereocenters. The van der Waals surface area contributed by atoms with E-state index >= 15 is 0 Å². The fourth-order valence-electron chi connectivity index (χ4n) is 2.42. The zero-order chi connectivity index (χ0) is 16.6. The minimum atomic E-state index is -3.94. The second kappa shape index (κ2) is 6.07. The number of nitrogens with one attached hydrogen (secondary N) is 1. The molecule has 3 rings (SSSR count). The number of para-hydroxylation sites is 1. The molecule has 0 spiro atoms. The van der Waals surface area contributed by atoms with Crippen molar-refractivity contribution in [1.82, 2.24) is 4.72 Å². The van der Waals surface area contributed by atoms with E-state index in [0.29, 0.717) is 11.1 Å². The Morgan fingerprint density at radius 1 is 1.17 bits per heavy atom. The lowest BCUT2D eigenvalue weighted by molar-refractivity contribution is 0.0981. The van der Waals surface area contributed by atoms with Gasteiger partial charge in [-0.25, -0.2) is 0 Å². The molecule has 1 aliphatic rings. The summed E-state index contributed by atoms with van der Waals surface area (Å²) in [7, 11) is -3.94. The summed E-state index contributed by atoms with van der Waals surface area (Å²) in [6.07, 6.45) is 0. The van der Waals surface area contributed by atoms with Crippen LogP contribution in [0.3, 0.4) is 0 Å². The Balaban J connectivity index is 1.97. The molecule has 0 aliphatic carbocycles. The van der Waals surface area contributed by atoms with Crippen LogP contribution in [-0.2, 0) is 10.3 Å². The molecule has 1 heterocycles. The molecule has 0 fully saturated rings. The molecule has 0 radical (unpaired) electrons. The minimum Gasteiger partial charge on any atom is -0.371 e. The molecule has 23 heavy (non-hydrogen) atoms. The Morgan fingerprint density at radius 2 is 1.83 bits per heavy atom. The van der Waals surface area contributed by atoms with Crippen molar-refractivity contribution in [3.63, 3.8) is 0 Å². The highest BCUT2D eigenvalue weighted by atomic mass is 79.9. The first kappa shape index (κ1) is 16.2. The van der Waals surface area contributed by atoms with Crippen LogP contribution in [0.2, 0.25) is 0 Å². The Kier molecular flexibility index (Phi) is 4.27. The number of benzene rings is 2. The van der Waals surface area contributed by atoms with Gasteiger partial charge in [0, 0.05) is 11.1 Å². The predicted octanol–water partition coefficient (Wildman–Crippen LogP) is 2.91. The summed E-state index contributed by atoms with van der Waals surface area (Å²) in [6.45, 7) is 1.93. The maximum Gasteiger partial charge on any atom is 0.383 e. The smallest absolute Gasteiger partial charge is 0.371 e. The van der Waals surface area contributed by atoms with Crippen molar-refractivity contribution in [2.24, 2.45) is 0 Å². The minimum absolute atomic E-state index is 0.200. The summed E-state index contributed by atoms with van der Waals surface area (Å²) in [5, 5.41) is 0. The molecule has 1 N–H and O–H groups in total. The molecule has 1 aliphatic heterocycles. The van der Waals surface area contributed by atoms with Gasteiger partial charge >= 0.3 is 10.3 Å². The first-order chi connectivity index (χ1) is 10.9. The normalized spacial score (nSPS) is 20.2. The van der Waals surface area contributed by atoms with E-state index in [9.17, 15) is 13.2 Å². The molecule has 0 saturated heterocycles. The predicted molar refractivity (Wildman–Crippen MR) is 90.1 cm³/mol. The lowest BCUT2D eigenvalue weighted by Gasteiger charge is -2.29. The van der Waals surface area contributed by atoms with E-state index < -0.39 is 21.2 Å².